The molecular weight excluding hydrogens is 172 g/mol. The number of hydrogen-bond donors (Lipinski definition) is 1. The number of aryl methyl sites for hydroxylation is 1. The molecule has 0 radical (unpaired) electrons. The van der Waals surface area contributed by atoms with Gasteiger partial charge in [0.25, 0.3) is 0 Å². The predicted octanol–water partition coefficient (Wildman–Crippen LogP) is 2.12. The van der Waals surface area contributed by atoms with Gasteiger partial charge in [-0.15, -0.1) is 0 Å². The summed E-state index contributed by atoms with van der Waals surface area (Å²) in [6, 6.07) is 12.9. The minimum absolute atomic E-state index is 0.412. The van der Waals surface area contributed by atoms with Gasteiger partial charge in [0.2, 0.25) is 0 Å². The largest absolute Gasteiger partial charge is 0.302 e. The van der Waals surface area contributed by atoms with Gasteiger partial charge in [-0.2, -0.15) is 5.26 Å². The molecule has 1 N–H and O–H groups in total. The molecule has 0 aromatic heterocycles. The zero-order valence-corrected chi connectivity index (χ0v) is 8.53. The summed E-state index contributed by atoms with van der Waals surface area (Å²) in [6.45, 7) is 2.55. The second-order valence-corrected chi connectivity index (χ2v) is 3.46. The third-order valence-electron chi connectivity index (χ3n) is 2.24. The fraction of sp³-hybridized carbons (Fsp3) is 0.417. The minimum atomic E-state index is 0.412. The third-order valence-corrected chi connectivity index (χ3v) is 2.24. The molecule has 74 valence electrons. The van der Waals surface area contributed by atoms with E-state index in [1.807, 2.05) is 6.07 Å². The molecular formula is C12H16N2. The molecule has 0 saturated heterocycles. The first-order valence-electron chi connectivity index (χ1n) is 4.97. The molecule has 0 aliphatic rings. The van der Waals surface area contributed by atoms with Crippen molar-refractivity contribution in [3.63, 3.8) is 0 Å². The third kappa shape index (κ3) is 4.06. The van der Waals surface area contributed by atoms with E-state index in [-0.39, 0.29) is 0 Å². The average Bonchev–Trinajstić information content (AvgIpc) is 2.25. The van der Waals surface area contributed by atoms with E-state index >= 15 is 0 Å². The highest BCUT2D eigenvalue weighted by Gasteiger charge is 2.00. The lowest BCUT2D eigenvalue weighted by Crippen LogP contribution is -2.26. The Morgan fingerprint density at radius 2 is 2.07 bits per heavy atom. The Morgan fingerprint density at radius 1 is 1.36 bits per heavy atom. The smallest absolute Gasteiger partial charge is 0.0842 e. The van der Waals surface area contributed by atoms with E-state index in [0.29, 0.717) is 12.6 Å². The number of nitriles is 1. The maximum Gasteiger partial charge on any atom is 0.0842 e. The lowest BCUT2D eigenvalue weighted by atomic mass is 10.1. The topological polar surface area (TPSA) is 35.8 Å². The minimum Gasteiger partial charge on any atom is -0.302 e. The van der Waals surface area contributed by atoms with E-state index in [2.05, 4.69) is 42.6 Å². The van der Waals surface area contributed by atoms with Gasteiger partial charge in [0.15, 0.2) is 0 Å². The first kappa shape index (κ1) is 10.7. The van der Waals surface area contributed by atoms with E-state index in [4.69, 9.17) is 5.26 Å². The van der Waals surface area contributed by atoms with Gasteiger partial charge in [-0.3, -0.25) is 0 Å². The van der Waals surface area contributed by atoms with Crippen molar-refractivity contribution in [2.75, 3.05) is 6.54 Å². The van der Waals surface area contributed by atoms with E-state index in [1.165, 1.54) is 5.56 Å². The number of benzene rings is 1. The van der Waals surface area contributed by atoms with E-state index in [0.717, 1.165) is 12.8 Å². The lowest BCUT2D eigenvalue weighted by molar-refractivity contribution is 0.545. The van der Waals surface area contributed by atoms with Crippen molar-refractivity contribution in [1.82, 2.24) is 5.32 Å². The summed E-state index contributed by atoms with van der Waals surface area (Å²) in [5.74, 6) is 0. The Labute approximate surface area is 85.6 Å². The van der Waals surface area contributed by atoms with Crippen molar-refractivity contribution < 1.29 is 0 Å². The SMILES string of the molecule is C[C@@H](CCc1ccccc1)NCC#N. The summed E-state index contributed by atoms with van der Waals surface area (Å²) in [5, 5.41) is 11.5. The molecule has 0 bridgehead atoms. The molecule has 2 heteroatoms. The Balaban J connectivity index is 2.24. The van der Waals surface area contributed by atoms with E-state index in [9.17, 15) is 0 Å². The number of nitrogens with zero attached hydrogens (tertiary/aromatic N) is 1. The van der Waals surface area contributed by atoms with Crippen LogP contribution in [0.5, 0.6) is 0 Å². The van der Waals surface area contributed by atoms with Gasteiger partial charge < -0.3 is 5.32 Å². The Hall–Kier alpha value is -1.33. The molecule has 2 nitrogen and oxygen atoms in total. The lowest BCUT2D eigenvalue weighted by Gasteiger charge is -2.10. The Bertz CT molecular complexity index is 287. The van der Waals surface area contributed by atoms with Crippen LogP contribution in [0.15, 0.2) is 30.3 Å². The number of nitrogens with one attached hydrogen (secondary N) is 1. The van der Waals surface area contributed by atoms with E-state index in [1.54, 1.807) is 0 Å². The molecule has 0 saturated carbocycles. The molecule has 0 fully saturated rings. The highest BCUT2D eigenvalue weighted by molar-refractivity contribution is 5.14. The van der Waals surface area contributed by atoms with Crippen LogP contribution in [0.3, 0.4) is 0 Å². The summed E-state index contributed by atoms with van der Waals surface area (Å²) in [7, 11) is 0. The zero-order chi connectivity index (χ0) is 10.2. The fourth-order valence-corrected chi connectivity index (χ4v) is 1.35. The molecule has 0 aliphatic heterocycles. The van der Waals surface area contributed by atoms with Gasteiger partial charge in [-0.25, -0.2) is 0 Å². The molecule has 0 aliphatic carbocycles. The predicted molar refractivity (Wildman–Crippen MR) is 57.8 cm³/mol. The second-order valence-electron chi connectivity index (χ2n) is 3.46. The number of hydrogen-bond acceptors (Lipinski definition) is 2. The summed E-state index contributed by atoms with van der Waals surface area (Å²) in [5.41, 5.74) is 1.36. The van der Waals surface area contributed by atoms with Crippen molar-refractivity contribution >= 4 is 0 Å². The van der Waals surface area contributed by atoms with Crippen LogP contribution in [0, 0.1) is 11.3 Å². The van der Waals surface area contributed by atoms with Crippen LogP contribution in [-0.4, -0.2) is 12.6 Å². The van der Waals surface area contributed by atoms with Crippen LogP contribution in [0.4, 0.5) is 0 Å². The summed E-state index contributed by atoms with van der Waals surface area (Å²) in [4.78, 5) is 0. The van der Waals surface area contributed by atoms with Crippen LogP contribution in [0.2, 0.25) is 0 Å². The molecule has 0 heterocycles. The normalized spacial score (nSPS) is 12.0. The number of rotatable bonds is 5. The summed E-state index contributed by atoms with van der Waals surface area (Å²) in [6.07, 6.45) is 2.14. The van der Waals surface area contributed by atoms with Crippen molar-refractivity contribution in [1.29, 1.82) is 5.26 Å². The Morgan fingerprint density at radius 3 is 2.71 bits per heavy atom. The molecule has 0 amide bonds. The second kappa shape index (κ2) is 6.17. The first-order valence-corrected chi connectivity index (χ1v) is 4.97. The van der Waals surface area contributed by atoms with Crippen molar-refractivity contribution in [2.24, 2.45) is 0 Å². The molecule has 0 spiro atoms. The molecule has 1 rings (SSSR count). The molecule has 14 heavy (non-hydrogen) atoms. The maximum absolute atomic E-state index is 8.39. The van der Waals surface area contributed by atoms with Crippen molar-refractivity contribution in [3.05, 3.63) is 35.9 Å². The van der Waals surface area contributed by atoms with Gasteiger partial charge in [0, 0.05) is 6.04 Å². The van der Waals surface area contributed by atoms with Gasteiger partial charge in [-0.05, 0) is 25.3 Å². The highest BCUT2D eigenvalue weighted by atomic mass is 14.9. The zero-order valence-electron chi connectivity index (χ0n) is 8.53. The monoisotopic (exact) mass is 188 g/mol. The summed E-state index contributed by atoms with van der Waals surface area (Å²) >= 11 is 0. The van der Waals surface area contributed by atoms with Gasteiger partial charge >= 0.3 is 0 Å². The van der Waals surface area contributed by atoms with Gasteiger partial charge in [0.05, 0.1) is 12.6 Å². The van der Waals surface area contributed by atoms with Crippen LogP contribution >= 0.6 is 0 Å². The van der Waals surface area contributed by atoms with Gasteiger partial charge in [-0.1, -0.05) is 30.3 Å². The van der Waals surface area contributed by atoms with Gasteiger partial charge in [0.1, 0.15) is 0 Å². The van der Waals surface area contributed by atoms with Crippen LogP contribution < -0.4 is 5.32 Å². The molecule has 1 aromatic carbocycles. The quantitative estimate of drug-likeness (QED) is 0.718. The highest BCUT2D eigenvalue weighted by Crippen LogP contribution is 2.04. The Kier molecular flexibility index (Phi) is 4.74. The van der Waals surface area contributed by atoms with Crippen LogP contribution in [0.25, 0.3) is 0 Å². The standard InChI is InChI=1S/C12H16N2/c1-11(14-10-9-13)7-8-12-5-3-2-4-6-12/h2-6,11,14H,7-8,10H2,1H3/t11-/m0/s1. The van der Waals surface area contributed by atoms with E-state index < -0.39 is 0 Å². The summed E-state index contributed by atoms with van der Waals surface area (Å²) < 4.78 is 0. The van der Waals surface area contributed by atoms with Crippen molar-refractivity contribution in [3.8, 4) is 6.07 Å². The van der Waals surface area contributed by atoms with Crippen LogP contribution in [-0.2, 0) is 6.42 Å². The maximum atomic E-state index is 8.39. The fourth-order valence-electron chi connectivity index (χ4n) is 1.35. The first-order chi connectivity index (χ1) is 6.83. The van der Waals surface area contributed by atoms with Crippen molar-refractivity contribution in [2.45, 2.75) is 25.8 Å². The molecule has 1 aromatic rings. The molecule has 1 atom stereocenters. The average molecular weight is 188 g/mol. The van der Waals surface area contributed by atoms with Crippen LogP contribution in [0.1, 0.15) is 18.9 Å². The molecule has 0 unspecified atom stereocenters.